The van der Waals surface area contributed by atoms with Gasteiger partial charge >= 0.3 is 0 Å². The number of nitrogens with zero attached hydrogens (tertiary/aromatic N) is 3. The lowest BCUT2D eigenvalue weighted by Crippen LogP contribution is -1.91. The van der Waals surface area contributed by atoms with Gasteiger partial charge in [0.25, 0.3) is 0 Å². The second-order valence-corrected chi connectivity index (χ2v) is 4.44. The molecule has 0 unspecified atom stereocenters. The average Bonchev–Trinajstić information content (AvgIpc) is 2.46. The van der Waals surface area contributed by atoms with E-state index in [0.29, 0.717) is 0 Å². The van der Waals surface area contributed by atoms with Crippen molar-refractivity contribution < 1.29 is 0 Å². The molecule has 1 aromatic heterocycles. The molecule has 3 aromatic rings. The van der Waals surface area contributed by atoms with Crippen molar-refractivity contribution in [2.24, 2.45) is 0 Å². The lowest BCUT2D eigenvalue weighted by molar-refractivity contribution is 1.12. The van der Waals surface area contributed by atoms with Gasteiger partial charge in [-0.1, -0.05) is 35.9 Å². The van der Waals surface area contributed by atoms with Crippen LogP contribution in [0.2, 0.25) is 0 Å². The monoisotopic (exact) mass is 245 g/mol. The predicted octanol–water partition coefficient (Wildman–Crippen LogP) is 3.48. The summed E-state index contributed by atoms with van der Waals surface area (Å²) in [7, 11) is 0. The summed E-state index contributed by atoms with van der Waals surface area (Å²) in [5, 5.41) is 11.2. The summed E-state index contributed by atoms with van der Waals surface area (Å²) in [6.07, 6.45) is 1.61. The molecule has 3 rings (SSSR count). The minimum atomic E-state index is 0.196. The molecule has 0 bridgehead atoms. The lowest BCUT2D eigenvalue weighted by atomic mass is 10.0. The van der Waals surface area contributed by atoms with E-state index in [1.807, 2.05) is 18.2 Å². The van der Waals surface area contributed by atoms with E-state index >= 15 is 0 Å². The maximum atomic E-state index is 8.84. The summed E-state index contributed by atoms with van der Waals surface area (Å²) in [6.45, 7) is 2.08. The molecule has 1 heterocycles. The number of aryl methyl sites for hydroxylation is 1. The van der Waals surface area contributed by atoms with Crippen LogP contribution in [0.3, 0.4) is 0 Å². The normalized spacial score (nSPS) is 10.3. The molecule has 0 atom stereocenters. The van der Waals surface area contributed by atoms with E-state index < -0.39 is 0 Å². The van der Waals surface area contributed by atoms with Gasteiger partial charge < -0.3 is 0 Å². The van der Waals surface area contributed by atoms with Crippen LogP contribution in [0.25, 0.3) is 22.0 Å². The third-order valence-electron chi connectivity index (χ3n) is 3.05. The largest absolute Gasteiger partial charge is 0.232 e. The van der Waals surface area contributed by atoms with Gasteiger partial charge in [0.2, 0.25) is 5.82 Å². The van der Waals surface area contributed by atoms with E-state index in [1.54, 1.807) is 6.20 Å². The molecule has 0 saturated heterocycles. The molecule has 0 spiro atoms. The number of benzene rings is 2. The number of hydrogen-bond donors (Lipinski definition) is 0. The van der Waals surface area contributed by atoms with Gasteiger partial charge in [-0.05, 0) is 29.8 Å². The fourth-order valence-electron chi connectivity index (χ4n) is 2.10. The zero-order valence-electron chi connectivity index (χ0n) is 10.5. The summed E-state index contributed by atoms with van der Waals surface area (Å²) in [5.74, 6) is 0.196. The molecule has 0 aliphatic heterocycles. The first kappa shape index (κ1) is 11.4. The molecule has 19 heavy (non-hydrogen) atoms. The molecular weight excluding hydrogens is 234 g/mol. The summed E-state index contributed by atoms with van der Waals surface area (Å²) >= 11 is 0. The summed E-state index contributed by atoms with van der Waals surface area (Å²) in [5.41, 5.74) is 3.01. The highest BCUT2D eigenvalue weighted by molar-refractivity contribution is 5.87. The molecule has 0 aliphatic rings. The Balaban J connectivity index is 2.15. The van der Waals surface area contributed by atoms with E-state index in [-0.39, 0.29) is 5.82 Å². The maximum Gasteiger partial charge on any atom is 0.232 e. The Morgan fingerprint density at radius 3 is 2.63 bits per heavy atom. The van der Waals surface area contributed by atoms with Gasteiger partial charge in [-0.3, -0.25) is 0 Å². The summed E-state index contributed by atoms with van der Waals surface area (Å²) in [4.78, 5) is 8.10. The first-order valence-electron chi connectivity index (χ1n) is 6.00. The number of fused-ring (bicyclic) bond motifs is 1. The van der Waals surface area contributed by atoms with Crippen LogP contribution >= 0.6 is 0 Å². The van der Waals surface area contributed by atoms with Gasteiger partial charge in [0.1, 0.15) is 6.07 Å². The maximum absolute atomic E-state index is 8.84. The van der Waals surface area contributed by atoms with Crippen molar-refractivity contribution in [3.05, 3.63) is 60.0 Å². The molecular formula is C16H11N3. The Hall–Kier alpha value is -2.73. The summed E-state index contributed by atoms with van der Waals surface area (Å²) in [6, 6.07) is 16.3. The van der Waals surface area contributed by atoms with Crippen molar-refractivity contribution in [1.29, 1.82) is 5.26 Å². The highest BCUT2D eigenvalue weighted by Gasteiger charge is 2.03. The minimum absolute atomic E-state index is 0.196. The number of rotatable bonds is 1. The van der Waals surface area contributed by atoms with Crippen LogP contribution in [0.4, 0.5) is 0 Å². The zero-order chi connectivity index (χ0) is 13.2. The molecule has 0 radical (unpaired) electrons. The zero-order valence-corrected chi connectivity index (χ0v) is 10.5. The van der Waals surface area contributed by atoms with Crippen LogP contribution in [0, 0.1) is 18.3 Å². The van der Waals surface area contributed by atoms with Crippen LogP contribution < -0.4 is 0 Å². The Kier molecular flexibility index (Phi) is 2.70. The SMILES string of the molecule is Cc1ccc2cc(-c3ccnc(C#N)n3)ccc2c1. The van der Waals surface area contributed by atoms with Crippen molar-refractivity contribution in [1.82, 2.24) is 9.97 Å². The predicted molar refractivity (Wildman–Crippen MR) is 74.4 cm³/mol. The first-order chi connectivity index (χ1) is 9.26. The molecule has 0 amide bonds. The van der Waals surface area contributed by atoms with Crippen molar-refractivity contribution in [3.8, 4) is 17.3 Å². The van der Waals surface area contributed by atoms with Crippen molar-refractivity contribution in [2.75, 3.05) is 0 Å². The van der Waals surface area contributed by atoms with Gasteiger partial charge in [-0.2, -0.15) is 5.26 Å². The Morgan fingerprint density at radius 1 is 1.00 bits per heavy atom. The van der Waals surface area contributed by atoms with Crippen LogP contribution in [0.15, 0.2) is 48.7 Å². The standard InChI is InChI=1S/C16H11N3/c1-11-2-3-13-9-14(5-4-12(13)8-11)15-6-7-18-16(10-17)19-15/h2-9H,1H3. The van der Waals surface area contributed by atoms with Crippen molar-refractivity contribution in [3.63, 3.8) is 0 Å². The number of nitriles is 1. The molecule has 0 fully saturated rings. The van der Waals surface area contributed by atoms with Crippen molar-refractivity contribution >= 4 is 10.8 Å². The Labute approximate surface area is 111 Å². The first-order valence-corrected chi connectivity index (χ1v) is 6.00. The second-order valence-electron chi connectivity index (χ2n) is 4.44. The lowest BCUT2D eigenvalue weighted by Gasteiger charge is -2.04. The van der Waals surface area contributed by atoms with Crippen molar-refractivity contribution in [2.45, 2.75) is 6.92 Å². The van der Waals surface area contributed by atoms with Crippen LogP contribution in [0.5, 0.6) is 0 Å². The van der Waals surface area contributed by atoms with Gasteiger partial charge in [0, 0.05) is 11.8 Å². The van der Waals surface area contributed by atoms with Gasteiger partial charge in [-0.15, -0.1) is 0 Å². The topological polar surface area (TPSA) is 49.6 Å². The van der Waals surface area contributed by atoms with Crippen LogP contribution in [-0.2, 0) is 0 Å². The van der Waals surface area contributed by atoms with Gasteiger partial charge in [0.05, 0.1) is 5.69 Å². The summed E-state index contributed by atoms with van der Waals surface area (Å²) < 4.78 is 0. The van der Waals surface area contributed by atoms with E-state index in [1.165, 1.54) is 16.3 Å². The molecule has 0 saturated carbocycles. The van der Waals surface area contributed by atoms with E-state index in [4.69, 9.17) is 5.26 Å². The fraction of sp³-hybridized carbons (Fsp3) is 0.0625. The van der Waals surface area contributed by atoms with Crippen LogP contribution in [0.1, 0.15) is 11.4 Å². The average molecular weight is 245 g/mol. The van der Waals surface area contributed by atoms with E-state index in [2.05, 4.69) is 47.2 Å². The van der Waals surface area contributed by atoms with E-state index in [9.17, 15) is 0 Å². The highest BCUT2D eigenvalue weighted by Crippen LogP contribution is 2.23. The third kappa shape index (κ3) is 2.16. The Morgan fingerprint density at radius 2 is 1.79 bits per heavy atom. The fourth-order valence-corrected chi connectivity index (χ4v) is 2.10. The quantitative estimate of drug-likeness (QED) is 0.659. The number of hydrogen-bond acceptors (Lipinski definition) is 3. The molecule has 3 nitrogen and oxygen atoms in total. The molecule has 2 aromatic carbocycles. The highest BCUT2D eigenvalue weighted by atomic mass is 14.9. The molecule has 90 valence electrons. The molecule has 3 heteroatoms. The van der Waals surface area contributed by atoms with E-state index in [0.717, 1.165) is 11.3 Å². The second kappa shape index (κ2) is 4.51. The van der Waals surface area contributed by atoms with Gasteiger partial charge in [0.15, 0.2) is 0 Å². The number of aromatic nitrogens is 2. The third-order valence-corrected chi connectivity index (χ3v) is 3.05. The molecule has 0 N–H and O–H groups in total. The van der Waals surface area contributed by atoms with Gasteiger partial charge in [-0.25, -0.2) is 9.97 Å². The Bertz CT molecular complexity index is 800. The molecule has 0 aliphatic carbocycles. The minimum Gasteiger partial charge on any atom is -0.227 e. The van der Waals surface area contributed by atoms with Crippen LogP contribution in [-0.4, -0.2) is 9.97 Å². The smallest absolute Gasteiger partial charge is 0.227 e.